The first-order chi connectivity index (χ1) is 18.6. The van der Waals surface area contributed by atoms with E-state index in [0.717, 1.165) is 67.1 Å². The Morgan fingerprint density at radius 2 is 1.66 bits per heavy atom. The highest BCUT2D eigenvalue weighted by atomic mass is 16.5. The molecule has 1 saturated carbocycles. The molecule has 1 saturated heterocycles. The van der Waals surface area contributed by atoms with Gasteiger partial charge in [-0.3, -0.25) is 9.89 Å². The standard InChI is InChI=1S/C20H22N4.C11H13NO2/c1-23-12-14-24(15-13-23)17-9-6-16(7-10-17)8-11-20-18-4-2-3-5-19(18)21-22-20;1-14-10-6-4-9(5-7-10)12-11(13)8-2-3-8/h2-11H,12-15H2,1H3,(H,21,22);4-8H,2-3H2,1H3,(H,12,13)/b11-8+;. The van der Waals surface area contributed by atoms with E-state index in [1.165, 1.54) is 11.3 Å². The molecular formula is C31H35N5O2. The highest BCUT2D eigenvalue weighted by molar-refractivity contribution is 5.94. The SMILES string of the molecule is CN1CCN(c2ccc(/C=C/c3n[nH]c4ccccc34)cc2)CC1.COc1ccc(NC(=O)C2CC2)cc1. The lowest BCUT2D eigenvalue weighted by atomic mass is 10.1. The number of amides is 1. The highest BCUT2D eigenvalue weighted by Gasteiger charge is 2.29. The number of para-hydroxylation sites is 1. The molecule has 1 amide bonds. The highest BCUT2D eigenvalue weighted by Crippen LogP contribution is 2.30. The van der Waals surface area contributed by atoms with Gasteiger partial charge in [0.25, 0.3) is 0 Å². The fraction of sp³-hybridized carbons (Fsp3) is 0.290. The van der Waals surface area contributed by atoms with Crippen molar-refractivity contribution in [3.05, 3.63) is 84.1 Å². The van der Waals surface area contributed by atoms with E-state index in [1.54, 1.807) is 7.11 Å². The van der Waals surface area contributed by atoms with Crippen molar-refractivity contribution in [2.24, 2.45) is 5.92 Å². The number of piperazine rings is 1. The number of ether oxygens (including phenoxy) is 1. The number of nitrogens with zero attached hydrogens (tertiary/aromatic N) is 3. The molecule has 7 heteroatoms. The van der Waals surface area contributed by atoms with Gasteiger partial charge in [-0.15, -0.1) is 0 Å². The largest absolute Gasteiger partial charge is 0.497 e. The maximum atomic E-state index is 11.4. The number of H-pyrrole nitrogens is 1. The number of fused-ring (bicyclic) bond motifs is 1. The maximum Gasteiger partial charge on any atom is 0.227 e. The van der Waals surface area contributed by atoms with Gasteiger partial charge in [0.1, 0.15) is 5.75 Å². The molecule has 1 aliphatic carbocycles. The first-order valence-electron chi connectivity index (χ1n) is 13.2. The molecule has 6 rings (SSSR count). The van der Waals surface area contributed by atoms with Gasteiger partial charge in [0, 0.05) is 48.9 Å². The third-order valence-electron chi connectivity index (χ3n) is 7.00. The average molecular weight is 510 g/mol. The van der Waals surface area contributed by atoms with E-state index in [-0.39, 0.29) is 11.8 Å². The molecule has 1 aromatic heterocycles. The number of methoxy groups -OCH3 is 1. The molecule has 196 valence electrons. The molecule has 0 unspecified atom stereocenters. The Bertz CT molecular complexity index is 1370. The van der Waals surface area contributed by atoms with Crippen LogP contribution in [0.2, 0.25) is 0 Å². The van der Waals surface area contributed by atoms with Crippen LogP contribution in [0.1, 0.15) is 24.1 Å². The van der Waals surface area contributed by atoms with Gasteiger partial charge in [-0.2, -0.15) is 5.10 Å². The summed E-state index contributed by atoms with van der Waals surface area (Å²) in [6.45, 7) is 4.47. The van der Waals surface area contributed by atoms with Gasteiger partial charge >= 0.3 is 0 Å². The number of aromatic nitrogens is 2. The molecular weight excluding hydrogens is 474 g/mol. The molecule has 0 radical (unpaired) electrons. The summed E-state index contributed by atoms with van der Waals surface area (Å²) in [6, 6.07) is 24.4. The Hall–Kier alpha value is -4.10. The Morgan fingerprint density at radius 3 is 2.34 bits per heavy atom. The Morgan fingerprint density at radius 1 is 0.947 bits per heavy atom. The smallest absolute Gasteiger partial charge is 0.227 e. The zero-order valence-corrected chi connectivity index (χ0v) is 22.1. The zero-order valence-electron chi connectivity index (χ0n) is 22.1. The summed E-state index contributed by atoms with van der Waals surface area (Å²) in [5.74, 6) is 1.18. The van der Waals surface area contributed by atoms with Crippen LogP contribution in [0.15, 0.2) is 72.8 Å². The van der Waals surface area contributed by atoms with Crippen LogP contribution < -0.4 is 15.0 Å². The minimum absolute atomic E-state index is 0.134. The van der Waals surface area contributed by atoms with Crippen molar-refractivity contribution in [3.63, 3.8) is 0 Å². The number of aromatic amines is 1. The maximum absolute atomic E-state index is 11.4. The minimum Gasteiger partial charge on any atom is -0.497 e. The van der Waals surface area contributed by atoms with Crippen LogP contribution in [-0.2, 0) is 4.79 Å². The van der Waals surface area contributed by atoms with Crippen molar-refractivity contribution >= 4 is 40.3 Å². The van der Waals surface area contributed by atoms with E-state index >= 15 is 0 Å². The van der Waals surface area contributed by atoms with Crippen LogP contribution in [0.5, 0.6) is 5.75 Å². The second kappa shape index (κ2) is 12.0. The lowest BCUT2D eigenvalue weighted by Crippen LogP contribution is -2.44. The van der Waals surface area contributed by atoms with Crippen molar-refractivity contribution in [2.45, 2.75) is 12.8 Å². The number of carbonyl (C=O) groups is 1. The monoisotopic (exact) mass is 509 g/mol. The van der Waals surface area contributed by atoms with Crippen molar-refractivity contribution in [1.82, 2.24) is 15.1 Å². The van der Waals surface area contributed by atoms with Crippen molar-refractivity contribution in [2.75, 3.05) is 50.6 Å². The van der Waals surface area contributed by atoms with E-state index < -0.39 is 0 Å². The molecule has 0 atom stereocenters. The fourth-order valence-corrected chi connectivity index (χ4v) is 4.41. The number of rotatable bonds is 6. The fourth-order valence-electron chi connectivity index (χ4n) is 4.41. The number of nitrogens with one attached hydrogen (secondary N) is 2. The molecule has 2 N–H and O–H groups in total. The number of anilines is 2. The first-order valence-corrected chi connectivity index (χ1v) is 13.2. The van der Waals surface area contributed by atoms with Crippen molar-refractivity contribution < 1.29 is 9.53 Å². The van der Waals surface area contributed by atoms with Crippen molar-refractivity contribution in [1.29, 1.82) is 0 Å². The number of hydrogen-bond donors (Lipinski definition) is 2. The van der Waals surface area contributed by atoms with Crippen LogP contribution in [0.25, 0.3) is 23.1 Å². The van der Waals surface area contributed by atoms with Crippen LogP contribution in [0.4, 0.5) is 11.4 Å². The number of hydrogen-bond acceptors (Lipinski definition) is 5. The molecule has 0 bridgehead atoms. The molecule has 1 aliphatic heterocycles. The van der Waals surface area contributed by atoms with E-state index in [4.69, 9.17) is 4.74 Å². The molecule has 38 heavy (non-hydrogen) atoms. The summed E-state index contributed by atoms with van der Waals surface area (Å²) < 4.78 is 5.02. The first kappa shape index (κ1) is 25.5. The number of likely N-dealkylation sites (N-methyl/N-ethyl adjacent to an activating group) is 1. The van der Waals surface area contributed by atoms with Crippen molar-refractivity contribution in [3.8, 4) is 5.75 Å². The molecule has 2 aliphatic rings. The number of benzene rings is 3. The summed E-state index contributed by atoms with van der Waals surface area (Å²) in [6.07, 6.45) is 6.25. The molecule has 2 fully saturated rings. The second-order valence-corrected chi connectivity index (χ2v) is 9.86. The molecule has 3 aromatic carbocycles. The third kappa shape index (κ3) is 6.61. The van der Waals surface area contributed by atoms with Gasteiger partial charge in [0.15, 0.2) is 0 Å². The Balaban J connectivity index is 0.000000179. The van der Waals surface area contributed by atoms with Crippen LogP contribution in [-0.4, -0.2) is 61.3 Å². The lowest BCUT2D eigenvalue weighted by molar-refractivity contribution is -0.117. The summed E-state index contributed by atoms with van der Waals surface area (Å²) >= 11 is 0. The molecule has 4 aromatic rings. The van der Waals surface area contributed by atoms with E-state index in [2.05, 4.69) is 74.8 Å². The quantitative estimate of drug-likeness (QED) is 0.358. The second-order valence-electron chi connectivity index (χ2n) is 9.86. The van der Waals surface area contributed by atoms with Gasteiger partial charge in [-0.05, 0) is 74.0 Å². The average Bonchev–Trinajstić information content (AvgIpc) is 3.74. The van der Waals surface area contributed by atoms with Crippen LogP contribution in [0.3, 0.4) is 0 Å². The number of carbonyl (C=O) groups excluding carboxylic acids is 1. The molecule has 2 heterocycles. The summed E-state index contributed by atoms with van der Waals surface area (Å²) in [5.41, 5.74) is 5.39. The summed E-state index contributed by atoms with van der Waals surface area (Å²) in [5, 5.41) is 11.5. The minimum atomic E-state index is 0.134. The lowest BCUT2D eigenvalue weighted by Gasteiger charge is -2.34. The molecule has 0 spiro atoms. The van der Waals surface area contributed by atoms with Gasteiger partial charge in [0.05, 0.1) is 18.3 Å². The van der Waals surface area contributed by atoms with Crippen LogP contribution in [0, 0.1) is 5.92 Å². The van der Waals surface area contributed by atoms with Gasteiger partial charge in [-0.25, -0.2) is 0 Å². The predicted molar refractivity (Wildman–Crippen MR) is 156 cm³/mol. The molecule has 7 nitrogen and oxygen atoms in total. The van der Waals surface area contributed by atoms with Crippen LogP contribution >= 0.6 is 0 Å². The Labute approximate surface area is 224 Å². The van der Waals surface area contributed by atoms with E-state index in [9.17, 15) is 4.79 Å². The Kier molecular flexibility index (Phi) is 8.04. The third-order valence-corrected chi connectivity index (χ3v) is 7.00. The zero-order chi connectivity index (χ0) is 26.3. The topological polar surface area (TPSA) is 73.5 Å². The predicted octanol–water partition coefficient (Wildman–Crippen LogP) is 5.53. The van der Waals surface area contributed by atoms with E-state index in [1.807, 2.05) is 42.5 Å². The van der Waals surface area contributed by atoms with Gasteiger partial charge in [0.2, 0.25) is 5.91 Å². The summed E-state index contributed by atoms with van der Waals surface area (Å²) in [7, 11) is 3.81. The normalized spacial score (nSPS) is 15.8. The summed E-state index contributed by atoms with van der Waals surface area (Å²) in [4.78, 5) is 16.2. The van der Waals surface area contributed by atoms with Gasteiger partial charge < -0.3 is 19.9 Å². The van der Waals surface area contributed by atoms with E-state index in [0.29, 0.717) is 0 Å². The van der Waals surface area contributed by atoms with Gasteiger partial charge in [-0.1, -0.05) is 36.4 Å².